The number of carbonyl (C=O) groups is 1. The molecule has 24 heavy (non-hydrogen) atoms. The van der Waals surface area contributed by atoms with Crippen molar-refractivity contribution < 1.29 is 9.53 Å². The molecule has 0 spiro atoms. The number of carbonyl (C=O) groups excluding carboxylic acids is 1. The number of likely N-dealkylation sites (N-methyl/N-ethyl adjacent to an activating group) is 1. The second-order valence-corrected chi connectivity index (χ2v) is 6.12. The van der Waals surface area contributed by atoms with E-state index >= 15 is 0 Å². The summed E-state index contributed by atoms with van der Waals surface area (Å²) >= 11 is 0. The van der Waals surface area contributed by atoms with Crippen LogP contribution in [-0.2, 0) is 11.8 Å². The third-order valence-electron chi connectivity index (χ3n) is 4.57. The van der Waals surface area contributed by atoms with Gasteiger partial charge in [-0.25, -0.2) is 4.79 Å². The standard InChI is InChI=1S/C18H23N3O3/c1-4-24-18(23)15-16(21-11-9-19(2)10-12-21)13-7-5-6-8-14(13)20(3)17(15)22/h5-8H,4,9-12H2,1-3H3. The predicted octanol–water partition coefficient (Wildman–Crippen LogP) is 1.47. The van der Waals surface area contributed by atoms with Gasteiger partial charge in [0.15, 0.2) is 0 Å². The summed E-state index contributed by atoms with van der Waals surface area (Å²) in [5.41, 5.74) is 1.37. The molecule has 0 saturated carbocycles. The van der Waals surface area contributed by atoms with E-state index in [1.807, 2.05) is 24.3 Å². The number of hydrogen-bond acceptors (Lipinski definition) is 5. The second kappa shape index (κ2) is 6.65. The minimum Gasteiger partial charge on any atom is -0.462 e. The zero-order valence-electron chi connectivity index (χ0n) is 14.4. The van der Waals surface area contributed by atoms with Crippen molar-refractivity contribution >= 4 is 22.6 Å². The smallest absolute Gasteiger partial charge is 0.345 e. The molecule has 0 atom stereocenters. The summed E-state index contributed by atoms with van der Waals surface area (Å²) in [5, 5.41) is 0.909. The van der Waals surface area contributed by atoms with Crippen LogP contribution in [-0.4, -0.2) is 55.3 Å². The molecule has 1 aromatic carbocycles. The van der Waals surface area contributed by atoms with E-state index in [0.29, 0.717) is 5.69 Å². The highest BCUT2D eigenvalue weighted by Gasteiger charge is 2.27. The third kappa shape index (κ3) is 2.78. The molecule has 3 rings (SSSR count). The fourth-order valence-electron chi connectivity index (χ4n) is 3.23. The molecule has 2 aromatic rings. The highest BCUT2D eigenvalue weighted by molar-refractivity contribution is 6.05. The highest BCUT2D eigenvalue weighted by Crippen LogP contribution is 2.29. The van der Waals surface area contributed by atoms with Crippen LogP contribution in [0.1, 0.15) is 17.3 Å². The van der Waals surface area contributed by atoms with Crippen molar-refractivity contribution in [1.29, 1.82) is 0 Å². The van der Waals surface area contributed by atoms with Gasteiger partial charge in [-0.3, -0.25) is 4.79 Å². The van der Waals surface area contributed by atoms with Crippen molar-refractivity contribution in [2.75, 3.05) is 44.7 Å². The Bertz CT molecular complexity index is 820. The predicted molar refractivity (Wildman–Crippen MR) is 94.9 cm³/mol. The van der Waals surface area contributed by atoms with Gasteiger partial charge in [0.25, 0.3) is 5.56 Å². The summed E-state index contributed by atoms with van der Waals surface area (Å²) in [6, 6.07) is 7.71. The SMILES string of the molecule is CCOC(=O)c1c(N2CCN(C)CC2)c2ccccc2n(C)c1=O. The molecule has 6 heteroatoms. The van der Waals surface area contributed by atoms with Gasteiger partial charge in [0.05, 0.1) is 17.8 Å². The van der Waals surface area contributed by atoms with Crippen molar-refractivity contribution in [3.63, 3.8) is 0 Å². The summed E-state index contributed by atoms with van der Waals surface area (Å²) in [7, 11) is 3.77. The van der Waals surface area contributed by atoms with Crippen LogP contribution in [0.5, 0.6) is 0 Å². The zero-order chi connectivity index (χ0) is 17.3. The first-order valence-corrected chi connectivity index (χ1v) is 8.27. The maximum atomic E-state index is 12.9. The number of aryl methyl sites for hydroxylation is 1. The van der Waals surface area contributed by atoms with E-state index in [-0.39, 0.29) is 17.7 Å². The van der Waals surface area contributed by atoms with Crippen LogP contribution in [0.15, 0.2) is 29.1 Å². The molecule has 0 bridgehead atoms. The van der Waals surface area contributed by atoms with Crippen molar-refractivity contribution in [2.45, 2.75) is 6.92 Å². The number of ether oxygens (including phenoxy) is 1. The fourth-order valence-corrected chi connectivity index (χ4v) is 3.23. The van der Waals surface area contributed by atoms with Crippen LogP contribution in [0.25, 0.3) is 10.9 Å². The van der Waals surface area contributed by atoms with E-state index in [4.69, 9.17) is 4.74 Å². The van der Waals surface area contributed by atoms with Gasteiger partial charge in [-0.1, -0.05) is 18.2 Å². The van der Waals surface area contributed by atoms with Crippen LogP contribution < -0.4 is 10.5 Å². The highest BCUT2D eigenvalue weighted by atomic mass is 16.5. The van der Waals surface area contributed by atoms with E-state index in [0.717, 1.165) is 37.1 Å². The molecule has 0 radical (unpaired) electrons. The Labute approximate surface area is 141 Å². The van der Waals surface area contributed by atoms with E-state index in [1.165, 1.54) is 4.57 Å². The summed E-state index contributed by atoms with van der Waals surface area (Å²) in [5.74, 6) is -0.544. The number of rotatable bonds is 3. The average Bonchev–Trinajstić information content (AvgIpc) is 2.59. The van der Waals surface area contributed by atoms with E-state index < -0.39 is 5.97 Å². The Kier molecular flexibility index (Phi) is 4.57. The van der Waals surface area contributed by atoms with Crippen LogP contribution in [0, 0.1) is 0 Å². The molecular weight excluding hydrogens is 306 g/mol. The third-order valence-corrected chi connectivity index (χ3v) is 4.57. The monoisotopic (exact) mass is 329 g/mol. The molecule has 0 amide bonds. The first kappa shape index (κ1) is 16.5. The zero-order valence-corrected chi connectivity index (χ0v) is 14.4. The summed E-state index contributed by atoms with van der Waals surface area (Å²) in [4.78, 5) is 29.7. The molecule has 1 saturated heterocycles. The van der Waals surface area contributed by atoms with E-state index in [9.17, 15) is 9.59 Å². The summed E-state index contributed by atoms with van der Waals surface area (Å²) in [6.45, 7) is 5.34. The van der Waals surface area contributed by atoms with Gasteiger partial charge in [0, 0.05) is 38.6 Å². The van der Waals surface area contributed by atoms with E-state index in [2.05, 4.69) is 16.8 Å². The molecule has 6 nitrogen and oxygen atoms in total. The molecule has 128 valence electrons. The molecule has 0 aliphatic carbocycles. The quantitative estimate of drug-likeness (QED) is 0.798. The number of nitrogens with zero attached hydrogens (tertiary/aromatic N) is 3. The van der Waals surface area contributed by atoms with Crippen LogP contribution >= 0.6 is 0 Å². The molecule has 0 unspecified atom stereocenters. The molecular formula is C18H23N3O3. The number of fused-ring (bicyclic) bond motifs is 1. The van der Waals surface area contributed by atoms with Crippen LogP contribution in [0.2, 0.25) is 0 Å². The lowest BCUT2D eigenvalue weighted by molar-refractivity contribution is 0.0524. The molecule has 1 fully saturated rings. The first-order valence-electron chi connectivity index (χ1n) is 8.27. The van der Waals surface area contributed by atoms with Crippen LogP contribution in [0.3, 0.4) is 0 Å². The van der Waals surface area contributed by atoms with Gasteiger partial charge >= 0.3 is 5.97 Å². The fraction of sp³-hybridized carbons (Fsp3) is 0.444. The maximum Gasteiger partial charge on any atom is 0.345 e. The van der Waals surface area contributed by atoms with Gasteiger partial charge < -0.3 is 19.1 Å². The Morgan fingerprint density at radius 2 is 1.79 bits per heavy atom. The van der Waals surface area contributed by atoms with Crippen LogP contribution in [0.4, 0.5) is 5.69 Å². The lowest BCUT2D eigenvalue weighted by Gasteiger charge is -2.35. The number of benzene rings is 1. The van der Waals surface area contributed by atoms with Gasteiger partial charge in [-0.05, 0) is 20.0 Å². The summed E-state index contributed by atoms with van der Waals surface area (Å²) < 4.78 is 6.70. The molecule has 0 N–H and O–H groups in total. The van der Waals surface area contributed by atoms with Gasteiger partial charge in [0.1, 0.15) is 5.56 Å². The number of pyridine rings is 1. The number of anilines is 1. The average molecular weight is 329 g/mol. The Hall–Kier alpha value is -2.34. The minimum atomic E-state index is -0.544. The number of piperazine rings is 1. The Morgan fingerprint density at radius 1 is 1.12 bits per heavy atom. The van der Waals surface area contributed by atoms with Gasteiger partial charge in [-0.15, -0.1) is 0 Å². The number of aromatic nitrogens is 1. The normalized spacial score (nSPS) is 15.7. The lowest BCUT2D eigenvalue weighted by Crippen LogP contribution is -2.46. The Balaban J connectivity index is 2.27. The number of para-hydroxylation sites is 1. The molecule has 1 aromatic heterocycles. The minimum absolute atomic E-state index is 0.141. The number of esters is 1. The molecule has 1 aliphatic heterocycles. The number of hydrogen-bond donors (Lipinski definition) is 0. The molecule has 1 aliphatic rings. The van der Waals surface area contributed by atoms with Gasteiger partial charge in [0.2, 0.25) is 0 Å². The Morgan fingerprint density at radius 3 is 2.46 bits per heavy atom. The topological polar surface area (TPSA) is 54.8 Å². The maximum absolute atomic E-state index is 12.9. The van der Waals surface area contributed by atoms with E-state index in [1.54, 1.807) is 14.0 Å². The van der Waals surface area contributed by atoms with Crippen molar-refractivity contribution in [3.05, 3.63) is 40.2 Å². The van der Waals surface area contributed by atoms with Crippen molar-refractivity contribution in [3.8, 4) is 0 Å². The first-order chi connectivity index (χ1) is 11.5. The van der Waals surface area contributed by atoms with Crippen molar-refractivity contribution in [1.82, 2.24) is 9.47 Å². The summed E-state index contributed by atoms with van der Waals surface area (Å²) in [6.07, 6.45) is 0. The van der Waals surface area contributed by atoms with Gasteiger partial charge in [-0.2, -0.15) is 0 Å². The lowest BCUT2D eigenvalue weighted by atomic mass is 10.1. The molecule has 2 heterocycles. The largest absolute Gasteiger partial charge is 0.462 e. The van der Waals surface area contributed by atoms with Crippen molar-refractivity contribution in [2.24, 2.45) is 7.05 Å². The second-order valence-electron chi connectivity index (χ2n) is 6.12.